The van der Waals surface area contributed by atoms with Gasteiger partial charge in [0.05, 0.1) is 37.0 Å². The summed E-state index contributed by atoms with van der Waals surface area (Å²) in [5.41, 5.74) is 0. The van der Waals surface area contributed by atoms with E-state index in [-0.39, 0.29) is 84.3 Å². The Bertz CT molecular complexity index is 809. The molecule has 2 aliphatic heterocycles. The molecule has 6 rings (SSSR count). The second-order valence-corrected chi connectivity index (χ2v) is 9.63. The topological polar surface area (TPSA) is 78.0 Å². The van der Waals surface area contributed by atoms with Crippen LogP contribution in [-0.2, 0) is 19.2 Å². The van der Waals surface area contributed by atoms with Crippen LogP contribution in [0.25, 0.3) is 0 Å². The summed E-state index contributed by atoms with van der Waals surface area (Å²) >= 11 is 0. The fourth-order valence-electron chi connectivity index (χ4n) is 6.95. The highest BCUT2D eigenvalue weighted by Gasteiger charge is 2.61. The maximum absolute atomic E-state index is 13.0. The first-order valence-electron chi connectivity index (χ1n) is 10.9. The zero-order valence-electron chi connectivity index (χ0n) is 16.7. The lowest BCUT2D eigenvalue weighted by Gasteiger charge is -2.30. The molecule has 0 aromatic heterocycles. The van der Waals surface area contributed by atoms with Crippen molar-refractivity contribution in [2.45, 2.75) is 12.8 Å². The van der Waals surface area contributed by atoms with Crippen LogP contribution in [0.3, 0.4) is 0 Å². The number of amides is 4. The van der Waals surface area contributed by atoms with Crippen molar-refractivity contribution in [3.8, 4) is 0 Å². The van der Waals surface area contributed by atoms with Crippen molar-refractivity contribution in [1.29, 1.82) is 0 Å². The number of carbonyl (C=O) groups excluding carboxylic acids is 4. The summed E-state index contributed by atoms with van der Waals surface area (Å²) < 4.78 is 0. The molecule has 0 aromatic carbocycles. The van der Waals surface area contributed by atoms with Crippen molar-refractivity contribution in [2.75, 3.05) is 19.9 Å². The fourth-order valence-corrected chi connectivity index (χ4v) is 6.95. The quantitative estimate of drug-likeness (QED) is 0.485. The highest BCUT2D eigenvalue weighted by molar-refractivity contribution is 6.07. The van der Waals surface area contributed by atoms with Gasteiger partial charge in [0.2, 0.25) is 23.6 Å². The van der Waals surface area contributed by atoms with E-state index in [2.05, 4.69) is 30.9 Å². The average Bonchev–Trinajstić information content (AvgIpc) is 3.55. The third-order valence-electron chi connectivity index (χ3n) is 8.19. The molecule has 4 bridgehead atoms. The van der Waals surface area contributed by atoms with E-state index in [1.165, 1.54) is 9.80 Å². The molecule has 4 aliphatic carbocycles. The molecule has 30 heavy (non-hydrogen) atoms. The molecule has 0 unspecified atom stereocenters. The minimum Gasteiger partial charge on any atom is -0.274 e. The number of nitrogens with zero attached hydrogens (tertiary/aromatic N) is 3. The van der Waals surface area contributed by atoms with E-state index in [1.807, 2.05) is 0 Å². The van der Waals surface area contributed by atoms with Crippen LogP contribution in [0.1, 0.15) is 12.8 Å². The van der Waals surface area contributed by atoms with Crippen LogP contribution >= 0.6 is 0 Å². The predicted octanol–water partition coefficient (Wildman–Crippen LogP) is 1.00. The summed E-state index contributed by atoms with van der Waals surface area (Å²) in [7, 11) is 0. The first-order valence-corrected chi connectivity index (χ1v) is 10.9. The Kier molecular flexibility index (Phi) is 3.79. The summed E-state index contributed by atoms with van der Waals surface area (Å²) in [4.78, 5) is 56.5. The number of allylic oxidation sites excluding steroid dienone is 4. The fraction of sp³-hybridized carbons (Fsp3) is 0.565. The lowest BCUT2D eigenvalue weighted by Crippen LogP contribution is -2.49. The maximum atomic E-state index is 13.0. The Morgan fingerprint density at radius 3 is 1.37 bits per heavy atom. The Balaban J connectivity index is 1.19. The largest absolute Gasteiger partial charge is 0.274 e. The van der Waals surface area contributed by atoms with Crippen molar-refractivity contribution in [3.63, 3.8) is 0 Å². The number of hydrogen-bond acceptors (Lipinski definition) is 5. The first-order chi connectivity index (χ1) is 14.5. The molecule has 7 nitrogen and oxygen atoms in total. The van der Waals surface area contributed by atoms with Gasteiger partial charge in [-0.1, -0.05) is 30.4 Å². The second kappa shape index (κ2) is 6.23. The first kappa shape index (κ1) is 18.2. The number of carbonyl (C=O) groups is 4. The molecule has 4 fully saturated rings. The van der Waals surface area contributed by atoms with Gasteiger partial charge in [-0.05, 0) is 36.5 Å². The molecule has 156 valence electrons. The SMILES string of the molecule is C=CCN(CN1C(=O)[C@@H]2[C@@H](C1=O)[C@H]1C=C[C@@H]2C1)CN1C(=O)[C@@H]2[C@H](C1=O)[C@@H]1C=C[C@H]2C1. The summed E-state index contributed by atoms with van der Waals surface area (Å²) in [5, 5.41) is 0. The zero-order chi connectivity index (χ0) is 20.7. The third-order valence-corrected chi connectivity index (χ3v) is 8.19. The number of likely N-dealkylation sites (tertiary alicyclic amines) is 2. The van der Waals surface area contributed by atoms with Crippen LogP contribution < -0.4 is 0 Å². The van der Waals surface area contributed by atoms with Crippen LogP contribution in [0.5, 0.6) is 0 Å². The van der Waals surface area contributed by atoms with Gasteiger partial charge in [-0.25, -0.2) is 0 Å². The molecular weight excluding hydrogens is 382 g/mol. The molecule has 0 radical (unpaired) electrons. The normalized spacial score (nSPS) is 42.4. The summed E-state index contributed by atoms with van der Waals surface area (Å²) in [6.07, 6.45) is 11.8. The van der Waals surface area contributed by atoms with Gasteiger partial charge in [0, 0.05) is 6.54 Å². The number of rotatable bonds is 6. The minimum atomic E-state index is -0.241. The highest BCUT2D eigenvalue weighted by atomic mass is 16.2. The number of fused-ring (bicyclic) bond motifs is 10. The third kappa shape index (κ3) is 2.24. The van der Waals surface area contributed by atoms with E-state index >= 15 is 0 Å². The molecule has 4 amide bonds. The summed E-state index contributed by atoms with van der Waals surface area (Å²) in [6, 6.07) is 0. The van der Waals surface area contributed by atoms with Crippen molar-refractivity contribution < 1.29 is 19.2 Å². The second-order valence-electron chi connectivity index (χ2n) is 9.63. The molecule has 2 heterocycles. The van der Waals surface area contributed by atoms with Crippen LogP contribution in [0.4, 0.5) is 0 Å². The van der Waals surface area contributed by atoms with Gasteiger partial charge in [-0.2, -0.15) is 0 Å². The van der Waals surface area contributed by atoms with Gasteiger partial charge < -0.3 is 0 Å². The van der Waals surface area contributed by atoms with Crippen molar-refractivity contribution in [1.82, 2.24) is 14.7 Å². The predicted molar refractivity (Wildman–Crippen MR) is 106 cm³/mol. The van der Waals surface area contributed by atoms with Gasteiger partial charge >= 0.3 is 0 Å². The Morgan fingerprint density at radius 1 is 0.733 bits per heavy atom. The smallest absolute Gasteiger partial charge is 0.234 e. The Labute approximate surface area is 175 Å². The van der Waals surface area contributed by atoms with Crippen LogP contribution in [0.2, 0.25) is 0 Å². The Morgan fingerprint density at radius 2 is 1.07 bits per heavy atom. The van der Waals surface area contributed by atoms with E-state index in [9.17, 15) is 19.2 Å². The van der Waals surface area contributed by atoms with Gasteiger partial charge in [0.25, 0.3) is 0 Å². The van der Waals surface area contributed by atoms with Crippen molar-refractivity contribution in [2.24, 2.45) is 47.3 Å². The molecule has 7 heteroatoms. The molecule has 2 saturated carbocycles. The highest BCUT2D eigenvalue weighted by Crippen LogP contribution is 2.53. The van der Waals surface area contributed by atoms with Crippen molar-refractivity contribution >= 4 is 23.6 Å². The minimum absolute atomic E-state index is 0.0909. The van der Waals surface area contributed by atoms with Crippen LogP contribution in [0.15, 0.2) is 37.0 Å². The lowest BCUT2D eigenvalue weighted by atomic mass is 9.85. The van der Waals surface area contributed by atoms with E-state index in [0.29, 0.717) is 6.54 Å². The van der Waals surface area contributed by atoms with E-state index in [4.69, 9.17) is 0 Å². The van der Waals surface area contributed by atoms with Gasteiger partial charge in [-0.3, -0.25) is 33.9 Å². The lowest BCUT2D eigenvalue weighted by molar-refractivity contribution is -0.146. The molecule has 0 N–H and O–H groups in total. The van der Waals surface area contributed by atoms with Crippen molar-refractivity contribution in [3.05, 3.63) is 37.0 Å². The van der Waals surface area contributed by atoms with Crippen LogP contribution in [0, 0.1) is 47.3 Å². The number of imide groups is 2. The molecular formula is C23H25N3O4. The number of hydrogen-bond donors (Lipinski definition) is 0. The van der Waals surface area contributed by atoms with Crippen LogP contribution in [-0.4, -0.2) is 58.2 Å². The summed E-state index contributed by atoms with van der Waals surface area (Å²) in [5.74, 6) is -0.772. The molecule has 0 spiro atoms. The van der Waals surface area contributed by atoms with Gasteiger partial charge in [-0.15, -0.1) is 6.58 Å². The maximum Gasteiger partial charge on any atom is 0.234 e. The average molecular weight is 407 g/mol. The zero-order valence-corrected chi connectivity index (χ0v) is 16.7. The Hall–Kier alpha value is -2.54. The monoisotopic (exact) mass is 407 g/mol. The van der Waals surface area contributed by atoms with E-state index in [0.717, 1.165) is 12.8 Å². The van der Waals surface area contributed by atoms with E-state index < -0.39 is 0 Å². The summed E-state index contributed by atoms with van der Waals surface area (Å²) in [6.45, 7) is 4.34. The standard InChI is InChI=1S/C23H25N3O4/c1-2-7-24(10-25-20(27)16-12-3-4-13(8-12)17(16)21(25)28)11-26-22(29)18-14-5-6-15(9-14)19(18)23(26)30/h2-6,12-19H,1,7-11H2/t12-,13+,14-,15+,16-,17-,18-,19+/m0/s1. The molecule has 8 atom stereocenters. The van der Waals surface area contributed by atoms with Gasteiger partial charge in [0.1, 0.15) is 0 Å². The van der Waals surface area contributed by atoms with E-state index in [1.54, 1.807) is 11.0 Å². The van der Waals surface area contributed by atoms with Gasteiger partial charge in [0.15, 0.2) is 0 Å². The molecule has 6 aliphatic rings. The molecule has 2 saturated heterocycles. The molecule has 0 aromatic rings.